The average Bonchev–Trinajstić information content (AvgIpc) is 3.26. The fraction of sp³-hybridized carbons (Fsp3) is 0.385. The number of aromatic hydroxyl groups is 1. The first-order valence-corrected chi connectivity index (χ1v) is 11.1. The molecule has 2 heterocycles. The highest BCUT2D eigenvalue weighted by atomic mass is 16.3. The number of nitrogens with one attached hydrogen (secondary N) is 1. The number of rotatable bonds is 5. The molecule has 1 amide bonds. The summed E-state index contributed by atoms with van der Waals surface area (Å²) in [7, 11) is 0. The van der Waals surface area contributed by atoms with Gasteiger partial charge in [-0.2, -0.15) is 0 Å². The molecule has 1 aliphatic rings. The van der Waals surface area contributed by atoms with E-state index in [-0.39, 0.29) is 23.6 Å². The van der Waals surface area contributed by atoms with Gasteiger partial charge in [-0.25, -0.2) is 4.98 Å². The molecule has 162 valence electrons. The van der Waals surface area contributed by atoms with E-state index < -0.39 is 0 Å². The van der Waals surface area contributed by atoms with Crippen LogP contribution < -0.4 is 0 Å². The van der Waals surface area contributed by atoms with Crippen molar-refractivity contribution in [3.8, 4) is 17.0 Å². The lowest BCUT2D eigenvalue weighted by Gasteiger charge is -2.36. The molecule has 0 aliphatic carbocycles. The Bertz CT molecular complexity index is 1030. The van der Waals surface area contributed by atoms with Gasteiger partial charge in [-0.15, -0.1) is 0 Å². The number of phenolic OH excluding ortho intramolecular Hbond substituents is 1. The first kappa shape index (κ1) is 21.2. The zero-order valence-corrected chi connectivity index (χ0v) is 18.6. The number of aryl methyl sites for hydroxylation is 2. The van der Waals surface area contributed by atoms with Crippen LogP contribution in [-0.4, -0.2) is 32.4 Å². The first-order valence-electron chi connectivity index (χ1n) is 11.1. The Morgan fingerprint density at radius 2 is 1.90 bits per heavy atom. The number of imidazole rings is 1. The smallest absolute Gasteiger partial charge is 0.226 e. The number of amides is 1. The molecule has 1 saturated heterocycles. The zero-order chi connectivity index (χ0) is 22.0. The van der Waals surface area contributed by atoms with Gasteiger partial charge in [0.1, 0.15) is 11.6 Å². The summed E-state index contributed by atoms with van der Waals surface area (Å²) < 4.78 is 0. The normalized spacial score (nSPS) is 17.5. The van der Waals surface area contributed by atoms with Gasteiger partial charge in [0.05, 0.1) is 17.9 Å². The molecule has 0 saturated carbocycles. The molecule has 2 atom stereocenters. The molecule has 3 aromatic rings. The number of hydrogen-bond donors (Lipinski definition) is 2. The molecule has 1 fully saturated rings. The summed E-state index contributed by atoms with van der Waals surface area (Å²) in [5.74, 6) is 1.19. The van der Waals surface area contributed by atoms with Gasteiger partial charge in [-0.3, -0.25) is 4.79 Å². The number of aromatic nitrogens is 2. The van der Waals surface area contributed by atoms with Crippen molar-refractivity contribution in [1.82, 2.24) is 14.9 Å². The van der Waals surface area contributed by atoms with Crippen molar-refractivity contribution < 1.29 is 9.90 Å². The monoisotopic (exact) mass is 417 g/mol. The second-order valence-corrected chi connectivity index (χ2v) is 8.75. The maximum atomic E-state index is 13.5. The van der Waals surface area contributed by atoms with Crippen LogP contribution in [0.3, 0.4) is 0 Å². The number of carbonyl (C=O) groups excluding carboxylic acids is 1. The molecule has 1 aromatic heterocycles. The number of carbonyl (C=O) groups is 1. The lowest BCUT2D eigenvalue weighted by atomic mass is 9.91. The maximum Gasteiger partial charge on any atom is 0.226 e. The van der Waals surface area contributed by atoms with Crippen LogP contribution in [0, 0.1) is 19.8 Å². The Morgan fingerprint density at radius 1 is 1.19 bits per heavy atom. The molecule has 0 spiro atoms. The van der Waals surface area contributed by atoms with Crippen molar-refractivity contribution in [2.24, 2.45) is 5.92 Å². The van der Waals surface area contributed by atoms with Gasteiger partial charge in [0, 0.05) is 12.5 Å². The van der Waals surface area contributed by atoms with Crippen molar-refractivity contribution in [3.63, 3.8) is 0 Å². The Labute approximate surface area is 184 Å². The molecule has 2 aromatic carbocycles. The van der Waals surface area contributed by atoms with E-state index in [1.165, 1.54) is 0 Å². The van der Waals surface area contributed by atoms with Crippen molar-refractivity contribution in [2.75, 3.05) is 6.54 Å². The van der Waals surface area contributed by atoms with E-state index in [1.807, 2.05) is 50.1 Å². The molecular formula is C26H31N3O2. The van der Waals surface area contributed by atoms with E-state index in [0.29, 0.717) is 6.42 Å². The summed E-state index contributed by atoms with van der Waals surface area (Å²) >= 11 is 0. The number of hydrogen-bond acceptors (Lipinski definition) is 3. The lowest BCUT2D eigenvalue weighted by molar-refractivity contribution is -0.139. The van der Waals surface area contributed by atoms with E-state index in [9.17, 15) is 9.90 Å². The Kier molecular flexibility index (Phi) is 6.12. The van der Waals surface area contributed by atoms with Gasteiger partial charge in [0.2, 0.25) is 5.91 Å². The fourth-order valence-electron chi connectivity index (χ4n) is 4.72. The van der Waals surface area contributed by atoms with Gasteiger partial charge in [0.15, 0.2) is 0 Å². The number of likely N-dealkylation sites (tertiary alicyclic amines) is 1. The van der Waals surface area contributed by atoms with Crippen LogP contribution in [0.1, 0.15) is 54.7 Å². The molecule has 5 nitrogen and oxygen atoms in total. The third-order valence-corrected chi connectivity index (χ3v) is 6.39. The first-order chi connectivity index (χ1) is 14.9. The molecule has 0 unspecified atom stereocenters. The number of benzene rings is 2. The molecule has 31 heavy (non-hydrogen) atoms. The topological polar surface area (TPSA) is 69.2 Å². The van der Waals surface area contributed by atoms with Crippen LogP contribution in [0.4, 0.5) is 0 Å². The minimum Gasteiger partial charge on any atom is -0.508 e. The number of aromatic amines is 1. The van der Waals surface area contributed by atoms with Crippen molar-refractivity contribution in [3.05, 3.63) is 71.2 Å². The average molecular weight is 418 g/mol. The molecule has 4 rings (SSSR count). The van der Waals surface area contributed by atoms with E-state index >= 15 is 0 Å². The van der Waals surface area contributed by atoms with Crippen molar-refractivity contribution >= 4 is 5.91 Å². The quantitative estimate of drug-likeness (QED) is 0.589. The van der Waals surface area contributed by atoms with E-state index in [0.717, 1.165) is 59.6 Å². The highest BCUT2D eigenvalue weighted by Gasteiger charge is 2.32. The summed E-state index contributed by atoms with van der Waals surface area (Å²) in [6.45, 7) is 6.77. The predicted octanol–water partition coefficient (Wildman–Crippen LogP) is 5.33. The zero-order valence-electron chi connectivity index (χ0n) is 18.6. The molecule has 1 aliphatic heterocycles. The summed E-state index contributed by atoms with van der Waals surface area (Å²) in [6, 6.07) is 13.7. The van der Waals surface area contributed by atoms with E-state index in [4.69, 9.17) is 0 Å². The summed E-state index contributed by atoms with van der Waals surface area (Å²) in [4.78, 5) is 23.6. The Morgan fingerprint density at radius 3 is 2.61 bits per heavy atom. The largest absolute Gasteiger partial charge is 0.508 e. The fourth-order valence-corrected chi connectivity index (χ4v) is 4.72. The predicted molar refractivity (Wildman–Crippen MR) is 123 cm³/mol. The number of nitrogens with zero attached hydrogens (tertiary/aromatic N) is 2. The van der Waals surface area contributed by atoms with Crippen LogP contribution >= 0.6 is 0 Å². The second-order valence-electron chi connectivity index (χ2n) is 8.75. The van der Waals surface area contributed by atoms with Gasteiger partial charge in [-0.1, -0.05) is 37.3 Å². The van der Waals surface area contributed by atoms with Crippen LogP contribution in [0.15, 0.2) is 48.7 Å². The standard InChI is InChI=1S/C26H31N3O2/c1-17-13-21(30)14-18(2)22(17)15-19(3)26(31)29-12-8-7-11-24(29)25-27-16-23(28-25)20-9-5-4-6-10-20/h4-6,9-10,13-14,16,19,24,30H,7-8,11-12,15H2,1-3H3,(H,27,28)/t19-,24-/m0/s1. The third kappa shape index (κ3) is 4.50. The maximum absolute atomic E-state index is 13.5. The van der Waals surface area contributed by atoms with Crippen molar-refractivity contribution in [1.29, 1.82) is 0 Å². The minimum atomic E-state index is -0.133. The highest BCUT2D eigenvalue weighted by Crippen LogP contribution is 2.33. The summed E-state index contributed by atoms with van der Waals surface area (Å²) in [5, 5.41) is 9.83. The van der Waals surface area contributed by atoms with Gasteiger partial charge >= 0.3 is 0 Å². The second kappa shape index (κ2) is 8.96. The highest BCUT2D eigenvalue weighted by molar-refractivity contribution is 5.79. The summed E-state index contributed by atoms with van der Waals surface area (Å²) in [5.41, 5.74) is 5.30. The minimum absolute atomic E-state index is 0.0110. The number of phenols is 1. The van der Waals surface area contributed by atoms with Gasteiger partial charge < -0.3 is 15.0 Å². The lowest BCUT2D eigenvalue weighted by Crippen LogP contribution is -2.42. The summed E-state index contributed by atoms with van der Waals surface area (Å²) in [6.07, 6.45) is 5.60. The SMILES string of the molecule is Cc1cc(O)cc(C)c1C[C@H](C)C(=O)N1CCCC[C@H]1c1ncc(-c2ccccc2)[nH]1. The van der Waals surface area contributed by atoms with Crippen LogP contribution in [0.5, 0.6) is 5.75 Å². The molecule has 0 radical (unpaired) electrons. The molecule has 0 bridgehead atoms. The van der Waals surface area contributed by atoms with Crippen LogP contribution in [-0.2, 0) is 11.2 Å². The third-order valence-electron chi connectivity index (χ3n) is 6.39. The van der Waals surface area contributed by atoms with Crippen molar-refractivity contribution in [2.45, 2.75) is 52.5 Å². The van der Waals surface area contributed by atoms with E-state index in [2.05, 4.69) is 22.1 Å². The number of H-pyrrole nitrogens is 1. The Balaban J connectivity index is 1.53. The van der Waals surface area contributed by atoms with Gasteiger partial charge in [-0.05, 0) is 73.9 Å². The van der Waals surface area contributed by atoms with Crippen LogP contribution in [0.25, 0.3) is 11.3 Å². The molecule has 5 heteroatoms. The van der Waals surface area contributed by atoms with Gasteiger partial charge in [0.25, 0.3) is 0 Å². The Hall–Kier alpha value is -3.08. The number of piperidine rings is 1. The molecular weight excluding hydrogens is 386 g/mol. The van der Waals surface area contributed by atoms with E-state index in [1.54, 1.807) is 12.1 Å². The molecule has 2 N–H and O–H groups in total. The van der Waals surface area contributed by atoms with Crippen LogP contribution in [0.2, 0.25) is 0 Å².